The minimum absolute atomic E-state index is 0.136. The van der Waals surface area contributed by atoms with Crippen LogP contribution in [0.15, 0.2) is 42.6 Å². The summed E-state index contributed by atoms with van der Waals surface area (Å²) in [6.07, 6.45) is 3.00. The number of nitrogens with zero attached hydrogens (tertiary/aromatic N) is 2. The number of pyridine rings is 1. The number of likely N-dealkylation sites (tertiary alicyclic amines) is 1. The minimum Gasteiger partial charge on any atom is -0.477 e. The van der Waals surface area contributed by atoms with Gasteiger partial charge in [0, 0.05) is 24.8 Å². The van der Waals surface area contributed by atoms with Gasteiger partial charge in [-0.1, -0.05) is 12.1 Å². The first-order valence-electron chi connectivity index (χ1n) is 7.76. The topological polar surface area (TPSA) is 70.5 Å². The maximum atomic E-state index is 12.9. The lowest BCUT2D eigenvalue weighted by atomic mass is 9.99. The van der Waals surface area contributed by atoms with Gasteiger partial charge in [-0.15, -0.1) is 0 Å². The van der Waals surface area contributed by atoms with Gasteiger partial charge in [-0.2, -0.15) is 0 Å². The van der Waals surface area contributed by atoms with Crippen molar-refractivity contribution in [1.29, 1.82) is 0 Å². The number of rotatable bonds is 4. The third-order valence-electron chi connectivity index (χ3n) is 4.24. The molecular formula is C18H17FN2O3. The molecule has 0 bridgehead atoms. The molecule has 2 heterocycles. The van der Waals surface area contributed by atoms with Crippen LogP contribution in [0, 0.1) is 11.7 Å². The second kappa shape index (κ2) is 6.78. The molecule has 1 aliphatic heterocycles. The van der Waals surface area contributed by atoms with Crippen molar-refractivity contribution < 1.29 is 19.1 Å². The molecule has 1 saturated heterocycles. The van der Waals surface area contributed by atoms with Gasteiger partial charge in [0.1, 0.15) is 11.5 Å². The standard InChI is InChI=1S/C18H17FN2O3/c19-15-3-1-12(2-4-15)9-13-6-8-21(11-13)17(22)14-5-7-20-16(10-14)18(23)24/h1-5,7,10,13H,6,8-9,11H2,(H,23,24). The van der Waals surface area contributed by atoms with E-state index in [9.17, 15) is 14.0 Å². The van der Waals surface area contributed by atoms with E-state index in [2.05, 4.69) is 4.98 Å². The monoisotopic (exact) mass is 328 g/mol. The Morgan fingerprint density at radius 3 is 2.71 bits per heavy atom. The summed E-state index contributed by atoms with van der Waals surface area (Å²) >= 11 is 0. The zero-order valence-electron chi connectivity index (χ0n) is 13.0. The predicted molar refractivity (Wildman–Crippen MR) is 85.3 cm³/mol. The molecule has 3 rings (SSSR count). The van der Waals surface area contributed by atoms with E-state index in [1.54, 1.807) is 17.0 Å². The van der Waals surface area contributed by atoms with Gasteiger partial charge in [-0.25, -0.2) is 14.2 Å². The van der Waals surface area contributed by atoms with Crippen LogP contribution in [-0.4, -0.2) is 40.0 Å². The van der Waals surface area contributed by atoms with Crippen molar-refractivity contribution in [3.05, 3.63) is 65.2 Å². The van der Waals surface area contributed by atoms with Crippen molar-refractivity contribution in [2.75, 3.05) is 13.1 Å². The normalized spacial score (nSPS) is 17.0. The lowest BCUT2D eigenvalue weighted by molar-refractivity contribution is 0.0690. The molecule has 2 aromatic rings. The Morgan fingerprint density at radius 1 is 1.25 bits per heavy atom. The van der Waals surface area contributed by atoms with Crippen LogP contribution in [0.2, 0.25) is 0 Å². The van der Waals surface area contributed by atoms with Gasteiger partial charge in [0.15, 0.2) is 0 Å². The second-order valence-electron chi connectivity index (χ2n) is 5.97. The molecule has 124 valence electrons. The van der Waals surface area contributed by atoms with E-state index in [0.717, 1.165) is 18.4 Å². The van der Waals surface area contributed by atoms with Crippen molar-refractivity contribution in [3.63, 3.8) is 0 Å². The van der Waals surface area contributed by atoms with Crippen LogP contribution in [0.4, 0.5) is 4.39 Å². The third-order valence-corrected chi connectivity index (χ3v) is 4.24. The number of halogens is 1. The second-order valence-corrected chi connectivity index (χ2v) is 5.97. The maximum absolute atomic E-state index is 12.9. The molecule has 1 N–H and O–H groups in total. The molecule has 5 nitrogen and oxygen atoms in total. The van der Waals surface area contributed by atoms with E-state index >= 15 is 0 Å². The Hall–Kier alpha value is -2.76. The van der Waals surface area contributed by atoms with Gasteiger partial charge >= 0.3 is 5.97 Å². The number of aromatic nitrogens is 1. The highest BCUT2D eigenvalue weighted by atomic mass is 19.1. The number of aromatic carboxylic acids is 1. The summed E-state index contributed by atoms with van der Waals surface area (Å²) in [5, 5.41) is 8.97. The number of benzene rings is 1. The van der Waals surface area contributed by atoms with Gasteiger partial charge in [-0.3, -0.25) is 4.79 Å². The summed E-state index contributed by atoms with van der Waals surface area (Å²) in [6.45, 7) is 1.25. The van der Waals surface area contributed by atoms with Gasteiger partial charge in [0.05, 0.1) is 0 Å². The average Bonchev–Trinajstić information content (AvgIpc) is 3.05. The molecule has 1 amide bonds. The van der Waals surface area contributed by atoms with E-state index in [0.29, 0.717) is 24.6 Å². The largest absolute Gasteiger partial charge is 0.477 e. The fraction of sp³-hybridized carbons (Fsp3) is 0.278. The molecule has 24 heavy (non-hydrogen) atoms. The average molecular weight is 328 g/mol. The molecule has 0 saturated carbocycles. The van der Waals surface area contributed by atoms with E-state index < -0.39 is 5.97 Å². The first kappa shape index (κ1) is 16.1. The molecule has 0 aliphatic carbocycles. The minimum atomic E-state index is -1.15. The highest BCUT2D eigenvalue weighted by Crippen LogP contribution is 2.22. The number of carboxylic acids is 1. The number of hydrogen-bond acceptors (Lipinski definition) is 3. The summed E-state index contributed by atoms with van der Waals surface area (Å²) in [5.74, 6) is -1.27. The summed E-state index contributed by atoms with van der Waals surface area (Å²) in [7, 11) is 0. The Morgan fingerprint density at radius 2 is 2.00 bits per heavy atom. The molecule has 1 unspecified atom stereocenters. The number of carboxylic acid groups (broad SMARTS) is 1. The number of carbonyl (C=O) groups excluding carboxylic acids is 1. The first-order valence-corrected chi connectivity index (χ1v) is 7.76. The Bertz CT molecular complexity index is 761. The van der Waals surface area contributed by atoms with Crippen LogP contribution in [0.5, 0.6) is 0 Å². The van der Waals surface area contributed by atoms with Crippen LogP contribution in [0.3, 0.4) is 0 Å². The Balaban J connectivity index is 1.64. The lowest BCUT2D eigenvalue weighted by Crippen LogP contribution is -2.29. The molecule has 1 atom stereocenters. The van der Waals surface area contributed by atoms with Crippen molar-refractivity contribution in [2.24, 2.45) is 5.92 Å². The Kier molecular flexibility index (Phi) is 4.55. The predicted octanol–water partition coefficient (Wildman–Crippen LogP) is 2.62. The van der Waals surface area contributed by atoms with Gasteiger partial charge in [-0.05, 0) is 48.6 Å². The molecule has 1 aromatic carbocycles. The molecule has 0 spiro atoms. The van der Waals surface area contributed by atoms with Gasteiger partial charge < -0.3 is 10.0 Å². The number of carbonyl (C=O) groups is 2. The van der Waals surface area contributed by atoms with Crippen molar-refractivity contribution >= 4 is 11.9 Å². The fourth-order valence-electron chi connectivity index (χ4n) is 3.00. The molecular weight excluding hydrogens is 311 g/mol. The van der Waals surface area contributed by atoms with Crippen LogP contribution in [0.1, 0.15) is 32.8 Å². The fourth-order valence-corrected chi connectivity index (χ4v) is 3.00. The van der Waals surface area contributed by atoms with E-state index in [1.807, 2.05) is 0 Å². The smallest absolute Gasteiger partial charge is 0.354 e. The summed E-state index contributed by atoms with van der Waals surface area (Å²) in [6, 6.07) is 9.25. The lowest BCUT2D eigenvalue weighted by Gasteiger charge is -2.17. The highest BCUT2D eigenvalue weighted by Gasteiger charge is 2.27. The van der Waals surface area contributed by atoms with Crippen molar-refractivity contribution in [2.45, 2.75) is 12.8 Å². The first-order chi connectivity index (χ1) is 11.5. The van der Waals surface area contributed by atoms with Crippen molar-refractivity contribution in [3.8, 4) is 0 Å². The molecule has 1 fully saturated rings. The maximum Gasteiger partial charge on any atom is 0.354 e. The van der Waals surface area contributed by atoms with E-state index in [1.165, 1.54) is 30.5 Å². The van der Waals surface area contributed by atoms with Crippen molar-refractivity contribution in [1.82, 2.24) is 9.88 Å². The van der Waals surface area contributed by atoms with E-state index in [-0.39, 0.29) is 17.4 Å². The van der Waals surface area contributed by atoms with E-state index in [4.69, 9.17) is 5.11 Å². The molecule has 0 radical (unpaired) electrons. The van der Waals surface area contributed by atoms with Crippen LogP contribution >= 0.6 is 0 Å². The SMILES string of the molecule is O=C(O)c1cc(C(=O)N2CCC(Cc3ccc(F)cc3)C2)ccn1. The van der Waals surface area contributed by atoms with Gasteiger partial charge in [0.25, 0.3) is 5.91 Å². The summed E-state index contributed by atoms with van der Waals surface area (Å²) in [4.78, 5) is 28.9. The van der Waals surface area contributed by atoms with Crippen LogP contribution in [-0.2, 0) is 6.42 Å². The van der Waals surface area contributed by atoms with Gasteiger partial charge in [0.2, 0.25) is 0 Å². The molecule has 1 aromatic heterocycles. The Labute approximate surface area is 138 Å². The highest BCUT2D eigenvalue weighted by molar-refractivity contribution is 5.96. The molecule has 6 heteroatoms. The zero-order valence-corrected chi connectivity index (χ0v) is 13.0. The van der Waals surface area contributed by atoms with Crippen LogP contribution in [0.25, 0.3) is 0 Å². The summed E-state index contributed by atoms with van der Waals surface area (Å²) < 4.78 is 12.9. The molecule has 1 aliphatic rings. The third kappa shape index (κ3) is 3.59. The number of hydrogen-bond donors (Lipinski definition) is 1. The quantitative estimate of drug-likeness (QED) is 0.936. The zero-order chi connectivity index (χ0) is 17.1. The summed E-state index contributed by atoms with van der Waals surface area (Å²) in [5.41, 5.74) is 1.25. The number of amides is 1. The van der Waals surface area contributed by atoms with Crippen LogP contribution < -0.4 is 0 Å².